The van der Waals surface area contributed by atoms with Gasteiger partial charge < -0.3 is 5.32 Å². The Hall–Kier alpha value is -1.54. The highest BCUT2D eigenvalue weighted by Crippen LogP contribution is 2.38. The zero-order valence-corrected chi connectivity index (χ0v) is 12.1. The fraction of sp³-hybridized carbons (Fsp3) is 0.294. The number of hydrogen-bond acceptors (Lipinski definition) is 1. The van der Waals surface area contributed by atoms with E-state index in [4.69, 9.17) is 11.6 Å². The topological polar surface area (TPSA) is 12.0 Å². The summed E-state index contributed by atoms with van der Waals surface area (Å²) in [6, 6.07) is 13.4. The molecule has 0 radical (unpaired) electrons. The lowest BCUT2D eigenvalue weighted by atomic mass is 9.76. The maximum absolute atomic E-state index is 12.9. The van der Waals surface area contributed by atoms with E-state index < -0.39 is 0 Å². The highest BCUT2D eigenvalue weighted by Gasteiger charge is 2.30. The maximum atomic E-state index is 12.9. The third-order valence-electron chi connectivity index (χ3n) is 4.02. The van der Waals surface area contributed by atoms with Crippen molar-refractivity contribution in [3.05, 3.63) is 64.4 Å². The molecule has 3 rings (SSSR count). The van der Waals surface area contributed by atoms with E-state index in [1.807, 2.05) is 31.2 Å². The fourth-order valence-corrected chi connectivity index (χ4v) is 2.84. The van der Waals surface area contributed by atoms with Crippen LogP contribution >= 0.6 is 11.6 Å². The first-order valence-electron chi connectivity index (χ1n) is 6.90. The van der Waals surface area contributed by atoms with Crippen LogP contribution in [0.4, 0.5) is 10.1 Å². The van der Waals surface area contributed by atoms with E-state index in [0.29, 0.717) is 12.0 Å². The smallest absolute Gasteiger partial charge is 0.123 e. The van der Waals surface area contributed by atoms with Crippen molar-refractivity contribution in [3.63, 3.8) is 0 Å². The Morgan fingerprint density at radius 2 is 1.80 bits per heavy atom. The lowest BCUT2D eigenvalue weighted by Gasteiger charge is -2.37. The van der Waals surface area contributed by atoms with Gasteiger partial charge in [0.25, 0.3) is 0 Å². The van der Waals surface area contributed by atoms with Gasteiger partial charge in [0.05, 0.1) is 0 Å². The molecule has 0 atom stereocenters. The van der Waals surface area contributed by atoms with Gasteiger partial charge in [-0.2, -0.15) is 0 Å². The molecule has 2 aromatic rings. The summed E-state index contributed by atoms with van der Waals surface area (Å²) in [5.74, 6) is 0.367. The first kappa shape index (κ1) is 13.4. The van der Waals surface area contributed by atoms with Gasteiger partial charge in [-0.25, -0.2) is 4.39 Å². The van der Waals surface area contributed by atoms with Gasteiger partial charge in [-0.3, -0.25) is 0 Å². The van der Waals surface area contributed by atoms with E-state index in [1.165, 1.54) is 17.7 Å². The summed E-state index contributed by atoms with van der Waals surface area (Å²) < 4.78 is 12.9. The average Bonchev–Trinajstić information content (AvgIpc) is 2.39. The van der Waals surface area contributed by atoms with Crippen LogP contribution < -0.4 is 5.32 Å². The molecule has 2 aromatic carbocycles. The summed E-state index contributed by atoms with van der Waals surface area (Å²) in [6.07, 6.45) is 2.16. The van der Waals surface area contributed by atoms with E-state index in [9.17, 15) is 4.39 Å². The molecule has 0 amide bonds. The van der Waals surface area contributed by atoms with Crippen molar-refractivity contribution in [2.45, 2.75) is 31.7 Å². The fourth-order valence-electron chi connectivity index (χ4n) is 2.66. The summed E-state index contributed by atoms with van der Waals surface area (Å²) >= 11 is 6.12. The minimum Gasteiger partial charge on any atom is -0.382 e. The molecular weight excluding hydrogens is 273 g/mol. The highest BCUT2D eigenvalue weighted by molar-refractivity contribution is 6.31. The number of hydrogen-bond donors (Lipinski definition) is 1. The van der Waals surface area contributed by atoms with Gasteiger partial charge in [-0.1, -0.05) is 29.8 Å². The van der Waals surface area contributed by atoms with Crippen molar-refractivity contribution in [2.75, 3.05) is 5.32 Å². The highest BCUT2D eigenvalue weighted by atomic mass is 35.5. The van der Waals surface area contributed by atoms with E-state index in [-0.39, 0.29) is 5.82 Å². The first-order chi connectivity index (χ1) is 9.61. The third kappa shape index (κ3) is 2.80. The van der Waals surface area contributed by atoms with Crippen molar-refractivity contribution in [3.8, 4) is 0 Å². The van der Waals surface area contributed by atoms with Gasteiger partial charge in [-0.05, 0) is 61.1 Å². The van der Waals surface area contributed by atoms with E-state index in [0.717, 1.165) is 29.1 Å². The Balaban J connectivity index is 1.58. The molecule has 0 aromatic heterocycles. The van der Waals surface area contributed by atoms with Gasteiger partial charge in [0, 0.05) is 16.8 Å². The zero-order chi connectivity index (χ0) is 14.1. The van der Waals surface area contributed by atoms with Crippen LogP contribution in [0.25, 0.3) is 0 Å². The van der Waals surface area contributed by atoms with Crippen LogP contribution in [0.1, 0.15) is 29.9 Å². The quantitative estimate of drug-likeness (QED) is 0.824. The van der Waals surface area contributed by atoms with Crippen LogP contribution in [0, 0.1) is 12.7 Å². The molecule has 20 heavy (non-hydrogen) atoms. The standard InChI is InChI=1S/C17H17ClFN/c1-11-2-7-15(10-17(11)18)20-16-8-13(9-16)12-3-5-14(19)6-4-12/h2-7,10,13,16,20H,8-9H2,1H3. The van der Waals surface area contributed by atoms with Gasteiger partial charge >= 0.3 is 0 Å². The van der Waals surface area contributed by atoms with Crippen LogP contribution in [-0.4, -0.2) is 6.04 Å². The number of benzene rings is 2. The molecule has 0 spiro atoms. The molecule has 1 N–H and O–H groups in total. The number of aryl methyl sites for hydroxylation is 1. The summed E-state index contributed by atoms with van der Waals surface area (Å²) in [6.45, 7) is 2.00. The molecule has 1 nitrogen and oxygen atoms in total. The van der Waals surface area contributed by atoms with E-state index in [2.05, 4.69) is 11.4 Å². The van der Waals surface area contributed by atoms with Gasteiger partial charge in [0.1, 0.15) is 5.82 Å². The van der Waals surface area contributed by atoms with Crippen LogP contribution in [-0.2, 0) is 0 Å². The van der Waals surface area contributed by atoms with Crippen LogP contribution in [0.15, 0.2) is 42.5 Å². The van der Waals surface area contributed by atoms with Gasteiger partial charge in [0.15, 0.2) is 0 Å². The molecule has 0 aliphatic heterocycles. The molecule has 3 heteroatoms. The predicted molar refractivity (Wildman–Crippen MR) is 82.0 cm³/mol. The van der Waals surface area contributed by atoms with Crippen molar-refractivity contribution in [2.24, 2.45) is 0 Å². The van der Waals surface area contributed by atoms with Gasteiger partial charge in [0.2, 0.25) is 0 Å². The monoisotopic (exact) mass is 289 g/mol. The minimum absolute atomic E-state index is 0.169. The van der Waals surface area contributed by atoms with Crippen LogP contribution in [0.3, 0.4) is 0 Å². The van der Waals surface area contributed by atoms with Crippen molar-refractivity contribution < 1.29 is 4.39 Å². The number of nitrogens with one attached hydrogen (secondary N) is 1. The molecule has 0 bridgehead atoms. The van der Waals surface area contributed by atoms with Crippen molar-refractivity contribution in [1.82, 2.24) is 0 Å². The zero-order valence-electron chi connectivity index (χ0n) is 11.4. The Bertz CT molecular complexity index is 603. The summed E-state index contributed by atoms with van der Waals surface area (Å²) in [4.78, 5) is 0. The molecule has 104 valence electrons. The van der Waals surface area contributed by atoms with E-state index in [1.54, 1.807) is 0 Å². The van der Waals surface area contributed by atoms with Crippen molar-refractivity contribution >= 4 is 17.3 Å². The van der Waals surface area contributed by atoms with E-state index >= 15 is 0 Å². The molecule has 0 saturated heterocycles. The predicted octanol–water partition coefficient (Wildman–Crippen LogP) is 5.15. The Morgan fingerprint density at radius 1 is 1.10 bits per heavy atom. The third-order valence-corrected chi connectivity index (χ3v) is 4.43. The molecule has 0 unspecified atom stereocenters. The molecule has 1 aliphatic carbocycles. The Morgan fingerprint density at radius 3 is 2.45 bits per heavy atom. The second kappa shape index (κ2) is 5.45. The number of rotatable bonds is 3. The summed E-state index contributed by atoms with van der Waals surface area (Å²) in [5, 5.41) is 4.29. The molecule has 1 aliphatic rings. The lowest BCUT2D eigenvalue weighted by Crippen LogP contribution is -2.33. The first-order valence-corrected chi connectivity index (χ1v) is 7.28. The number of halogens is 2. The Labute approximate surface area is 123 Å². The van der Waals surface area contributed by atoms with Crippen LogP contribution in [0.5, 0.6) is 0 Å². The normalized spacial score (nSPS) is 21.4. The summed E-state index contributed by atoms with van der Waals surface area (Å²) in [5.41, 5.74) is 3.39. The van der Waals surface area contributed by atoms with Crippen LogP contribution in [0.2, 0.25) is 5.02 Å². The second-order valence-electron chi connectivity index (χ2n) is 5.53. The molecule has 1 saturated carbocycles. The minimum atomic E-state index is -0.169. The second-order valence-corrected chi connectivity index (χ2v) is 5.93. The van der Waals surface area contributed by atoms with Crippen molar-refractivity contribution in [1.29, 1.82) is 0 Å². The average molecular weight is 290 g/mol. The SMILES string of the molecule is Cc1ccc(NC2CC(c3ccc(F)cc3)C2)cc1Cl. The molecular formula is C17H17ClFN. The van der Waals surface area contributed by atoms with Gasteiger partial charge in [-0.15, -0.1) is 0 Å². The lowest BCUT2D eigenvalue weighted by molar-refractivity contribution is 0.374. The largest absolute Gasteiger partial charge is 0.382 e. The Kier molecular flexibility index (Phi) is 3.66. The molecule has 0 heterocycles. The number of anilines is 1. The molecule has 1 fully saturated rings. The summed E-state index contributed by atoms with van der Waals surface area (Å²) in [7, 11) is 0. The maximum Gasteiger partial charge on any atom is 0.123 e.